The molecule has 2 heteroatoms. The van der Waals surface area contributed by atoms with Crippen LogP contribution >= 0.6 is 0 Å². The van der Waals surface area contributed by atoms with E-state index in [0.29, 0.717) is 0 Å². The zero-order valence-corrected chi connectivity index (χ0v) is 8.53. The van der Waals surface area contributed by atoms with Crippen molar-refractivity contribution >= 4 is 12.4 Å². The predicted molar refractivity (Wildman–Crippen MR) is 56.9 cm³/mol. The van der Waals surface area contributed by atoms with Crippen LogP contribution in [-0.2, 0) is 4.79 Å². The van der Waals surface area contributed by atoms with Crippen molar-refractivity contribution < 1.29 is 9.21 Å². The normalized spacial score (nSPS) is 11.6. The molecule has 2 nitrogen and oxygen atoms in total. The molecule has 0 radical (unpaired) electrons. The molecule has 0 amide bonds. The first kappa shape index (κ1) is 10.8. The quantitative estimate of drug-likeness (QED) is 0.392. The van der Waals surface area contributed by atoms with Crippen molar-refractivity contribution in [1.29, 1.82) is 0 Å². The smallest absolute Gasteiger partial charge is 0.146 e. The van der Waals surface area contributed by atoms with Gasteiger partial charge in [0.1, 0.15) is 6.29 Å². The van der Waals surface area contributed by atoms with Crippen LogP contribution in [0.2, 0.25) is 0 Å². The van der Waals surface area contributed by atoms with Crippen LogP contribution in [0.15, 0.2) is 28.6 Å². The summed E-state index contributed by atoms with van der Waals surface area (Å²) in [5.74, 6) is 0. The Kier molecular flexibility index (Phi) is 4.76. The van der Waals surface area contributed by atoms with E-state index in [9.17, 15) is 4.79 Å². The first-order valence-electron chi connectivity index (χ1n) is 5.04. The molecule has 0 aliphatic carbocycles. The Labute approximate surface area is 84.6 Å². The number of aldehydes is 1. The number of allylic oxidation sites excluding steroid dienone is 1. The van der Waals surface area contributed by atoms with Gasteiger partial charge in [-0.2, -0.15) is 0 Å². The Morgan fingerprint density at radius 2 is 2.36 bits per heavy atom. The average Bonchev–Trinajstić information content (AvgIpc) is 2.69. The van der Waals surface area contributed by atoms with E-state index in [1.54, 1.807) is 12.5 Å². The zero-order chi connectivity index (χ0) is 10.2. The van der Waals surface area contributed by atoms with Gasteiger partial charge < -0.3 is 4.42 Å². The highest BCUT2D eigenvalue weighted by Crippen LogP contribution is 2.12. The fraction of sp³-hybridized carbons (Fsp3) is 0.417. The maximum atomic E-state index is 10.7. The fourth-order valence-corrected chi connectivity index (χ4v) is 1.32. The second-order valence-corrected chi connectivity index (χ2v) is 3.35. The van der Waals surface area contributed by atoms with Gasteiger partial charge in [0, 0.05) is 5.56 Å². The van der Waals surface area contributed by atoms with Gasteiger partial charge in [0.25, 0.3) is 0 Å². The van der Waals surface area contributed by atoms with Gasteiger partial charge >= 0.3 is 0 Å². The molecule has 0 N–H and O–H groups in total. The number of carbonyl (C=O) groups excluding carboxylic acids is 1. The Morgan fingerprint density at radius 1 is 1.50 bits per heavy atom. The SMILES string of the molecule is CCCCCC(C=O)=Cc1ccoc1. The monoisotopic (exact) mass is 192 g/mol. The zero-order valence-electron chi connectivity index (χ0n) is 8.53. The van der Waals surface area contributed by atoms with E-state index in [1.165, 1.54) is 12.8 Å². The fourth-order valence-electron chi connectivity index (χ4n) is 1.32. The standard InChI is InChI=1S/C12H16O2/c1-2-3-4-5-11(9-13)8-12-6-7-14-10-12/h6-10H,2-5H2,1H3. The predicted octanol–water partition coefficient (Wildman–Crippen LogP) is 3.44. The number of furan rings is 1. The largest absolute Gasteiger partial charge is 0.472 e. The number of hydrogen-bond acceptors (Lipinski definition) is 2. The van der Waals surface area contributed by atoms with Crippen LogP contribution in [0.25, 0.3) is 6.08 Å². The molecule has 14 heavy (non-hydrogen) atoms. The topological polar surface area (TPSA) is 30.2 Å². The van der Waals surface area contributed by atoms with Gasteiger partial charge in [0.2, 0.25) is 0 Å². The number of unbranched alkanes of at least 4 members (excludes halogenated alkanes) is 2. The lowest BCUT2D eigenvalue weighted by atomic mass is 10.1. The Hall–Kier alpha value is -1.31. The van der Waals surface area contributed by atoms with Crippen molar-refractivity contribution in [3.05, 3.63) is 29.7 Å². The molecule has 1 rings (SSSR count). The van der Waals surface area contributed by atoms with E-state index in [2.05, 4.69) is 6.92 Å². The number of carbonyl (C=O) groups is 1. The summed E-state index contributed by atoms with van der Waals surface area (Å²) in [4.78, 5) is 10.7. The summed E-state index contributed by atoms with van der Waals surface area (Å²) in [6.07, 6.45) is 10.4. The lowest BCUT2D eigenvalue weighted by molar-refractivity contribution is -0.105. The van der Waals surface area contributed by atoms with Crippen LogP contribution in [0.3, 0.4) is 0 Å². The van der Waals surface area contributed by atoms with E-state index < -0.39 is 0 Å². The summed E-state index contributed by atoms with van der Waals surface area (Å²) >= 11 is 0. The van der Waals surface area contributed by atoms with Gasteiger partial charge in [-0.15, -0.1) is 0 Å². The van der Waals surface area contributed by atoms with E-state index >= 15 is 0 Å². The average molecular weight is 192 g/mol. The number of hydrogen-bond donors (Lipinski definition) is 0. The van der Waals surface area contributed by atoms with Crippen LogP contribution < -0.4 is 0 Å². The summed E-state index contributed by atoms with van der Waals surface area (Å²) < 4.78 is 4.93. The third kappa shape index (κ3) is 3.60. The van der Waals surface area contributed by atoms with Crippen molar-refractivity contribution in [3.63, 3.8) is 0 Å². The molecule has 0 bridgehead atoms. The van der Waals surface area contributed by atoms with Gasteiger partial charge in [-0.1, -0.05) is 19.8 Å². The summed E-state index contributed by atoms with van der Waals surface area (Å²) in [6.45, 7) is 2.15. The highest BCUT2D eigenvalue weighted by atomic mass is 16.3. The minimum atomic E-state index is 0.847. The second kappa shape index (κ2) is 6.19. The van der Waals surface area contributed by atoms with Crippen molar-refractivity contribution in [2.45, 2.75) is 32.6 Å². The van der Waals surface area contributed by atoms with Crippen LogP contribution in [-0.4, -0.2) is 6.29 Å². The molecule has 0 spiro atoms. The molecule has 0 aliphatic heterocycles. The molecule has 0 atom stereocenters. The molecule has 0 unspecified atom stereocenters. The van der Waals surface area contributed by atoms with Crippen LogP contribution in [0, 0.1) is 0 Å². The first-order chi connectivity index (χ1) is 6.86. The lowest BCUT2D eigenvalue weighted by Gasteiger charge is -1.97. The first-order valence-corrected chi connectivity index (χ1v) is 5.04. The van der Waals surface area contributed by atoms with Gasteiger partial charge in [-0.3, -0.25) is 4.79 Å². The van der Waals surface area contributed by atoms with Crippen LogP contribution in [0.1, 0.15) is 38.2 Å². The summed E-state index contributed by atoms with van der Waals surface area (Å²) in [5, 5.41) is 0. The molecular weight excluding hydrogens is 176 g/mol. The Morgan fingerprint density at radius 3 is 2.93 bits per heavy atom. The van der Waals surface area contributed by atoms with E-state index in [-0.39, 0.29) is 0 Å². The van der Waals surface area contributed by atoms with E-state index in [4.69, 9.17) is 4.42 Å². The molecule has 76 valence electrons. The van der Waals surface area contributed by atoms with Crippen molar-refractivity contribution in [1.82, 2.24) is 0 Å². The summed E-state index contributed by atoms with van der Waals surface area (Å²) in [6, 6.07) is 1.85. The van der Waals surface area contributed by atoms with Crippen molar-refractivity contribution in [2.24, 2.45) is 0 Å². The van der Waals surface area contributed by atoms with E-state index in [1.807, 2.05) is 12.1 Å². The molecule has 0 aromatic carbocycles. The highest BCUT2D eigenvalue weighted by molar-refractivity contribution is 5.81. The third-order valence-corrected chi connectivity index (χ3v) is 2.12. The molecule has 1 aromatic heterocycles. The summed E-state index contributed by atoms with van der Waals surface area (Å²) in [7, 11) is 0. The Bertz CT molecular complexity index is 283. The third-order valence-electron chi connectivity index (χ3n) is 2.12. The lowest BCUT2D eigenvalue weighted by Crippen LogP contribution is -1.85. The molecular formula is C12H16O2. The van der Waals surface area contributed by atoms with Crippen LogP contribution in [0.5, 0.6) is 0 Å². The van der Waals surface area contributed by atoms with Gasteiger partial charge in [0.05, 0.1) is 12.5 Å². The molecule has 1 aromatic rings. The minimum absolute atomic E-state index is 0.847. The van der Waals surface area contributed by atoms with Crippen molar-refractivity contribution in [3.8, 4) is 0 Å². The van der Waals surface area contributed by atoms with Crippen LogP contribution in [0.4, 0.5) is 0 Å². The van der Waals surface area contributed by atoms with Gasteiger partial charge in [-0.25, -0.2) is 0 Å². The molecule has 1 heterocycles. The second-order valence-electron chi connectivity index (χ2n) is 3.35. The highest BCUT2D eigenvalue weighted by Gasteiger charge is 1.97. The molecule has 0 aliphatic rings. The minimum Gasteiger partial charge on any atom is -0.472 e. The van der Waals surface area contributed by atoms with Gasteiger partial charge in [0.15, 0.2) is 0 Å². The molecule has 0 saturated carbocycles. The Balaban J connectivity index is 2.49. The summed E-state index contributed by atoms with van der Waals surface area (Å²) in [5.41, 5.74) is 1.81. The van der Waals surface area contributed by atoms with E-state index in [0.717, 1.165) is 30.3 Å². The molecule has 0 saturated heterocycles. The number of rotatable bonds is 6. The maximum Gasteiger partial charge on any atom is 0.146 e. The van der Waals surface area contributed by atoms with Gasteiger partial charge in [-0.05, 0) is 30.6 Å². The molecule has 0 fully saturated rings. The van der Waals surface area contributed by atoms with Crippen molar-refractivity contribution in [2.75, 3.05) is 0 Å². The maximum absolute atomic E-state index is 10.7.